The third-order valence-electron chi connectivity index (χ3n) is 4.48. The van der Waals surface area contributed by atoms with Gasteiger partial charge in [0, 0.05) is 6.54 Å². The van der Waals surface area contributed by atoms with Crippen LogP contribution in [0.1, 0.15) is 22.3 Å². The summed E-state index contributed by atoms with van der Waals surface area (Å²) >= 11 is 1.37. The van der Waals surface area contributed by atoms with Crippen molar-refractivity contribution in [1.82, 2.24) is 10.3 Å². The summed E-state index contributed by atoms with van der Waals surface area (Å²) in [6.45, 7) is 1.76. The number of nitrogens with one attached hydrogen (secondary N) is 2. The zero-order valence-corrected chi connectivity index (χ0v) is 16.8. The zero-order chi connectivity index (χ0) is 18.8. The molecule has 3 aromatic rings. The Balaban J connectivity index is 0.00000225. The van der Waals surface area contributed by atoms with E-state index in [1.165, 1.54) is 29.0 Å². The molecule has 28 heavy (non-hydrogen) atoms. The molecular weight excluding hydrogens is 401 g/mol. The minimum Gasteiger partial charge on any atom is -0.494 e. The van der Waals surface area contributed by atoms with Crippen LogP contribution in [0.25, 0.3) is 15.8 Å². The maximum Gasteiger partial charge on any atom is 0.260 e. The molecule has 1 aromatic heterocycles. The third-order valence-corrected chi connectivity index (χ3v) is 5.48. The molecule has 0 radical (unpaired) electrons. The van der Waals surface area contributed by atoms with Crippen LogP contribution in [0, 0.1) is 5.82 Å². The number of nitrogens with zero attached hydrogens (tertiary/aromatic N) is 1. The van der Waals surface area contributed by atoms with Gasteiger partial charge in [0.15, 0.2) is 5.13 Å². The predicted octanol–water partition coefficient (Wildman–Crippen LogP) is 4.49. The van der Waals surface area contributed by atoms with Gasteiger partial charge in [0.2, 0.25) is 0 Å². The van der Waals surface area contributed by atoms with Crippen molar-refractivity contribution in [3.8, 4) is 5.75 Å². The Bertz CT molecular complexity index is 1050. The van der Waals surface area contributed by atoms with Crippen LogP contribution in [0.5, 0.6) is 5.75 Å². The first kappa shape index (κ1) is 20.3. The Morgan fingerprint density at radius 3 is 2.82 bits per heavy atom. The number of benzene rings is 2. The van der Waals surface area contributed by atoms with Gasteiger partial charge < -0.3 is 10.1 Å². The minimum atomic E-state index is -0.561. The molecular formula is C20H19ClFN3O2S. The van der Waals surface area contributed by atoms with E-state index in [1.54, 1.807) is 19.2 Å². The van der Waals surface area contributed by atoms with Gasteiger partial charge in [-0.1, -0.05) is 29.5 Å². The minimum absolute atomic E-state index is 0. The summed E-state index contributed by atoms with van der Waals surface area (Å²) in [7, 11) is 1.59. The van der Waals surface area contributed by atoms with Crippen LogP contribution in [-0.4, -0.2) is 31.1 Å². The van der Waals surface area contributed by atoms with E-state index in [9.17, 15) is 9.18 Å². The summed E-state index contributed by atoms with van der Waals surface area (Å²) in [6.07, 6.45) is 3.10. The van der Waals surface area contributed by atoms with Crippen molar-refractivity contribution in [2.75, 3.05) is 25.5 Å². The number of carbonyl (C=O) groups excluding carboxylic acids is 1. The average Bonchev–Trinajstić information content (AvgIpc) is 3.11. The normalized spacial score (nSPS) is 13.6. The van der Waals surface area contributed by atoms with Crippen LogP contribution in [0.4, 0.5) is 9.52 Å². The molecule has 2 heterocycles. The largest absolute Gasteiger partial charge is 0.494 e. The van der Waals surface area contributed by atoms with Gasteiger partial charge in [0.1, 0.15) is 17.1 Å². The Morgan fingerprint density at radius 2 is 2.11 bits per heavy atom. The molecule has 5 nitrogen and oxygen atoms in total. The molecule has 0 unspecified atom stereocenters. The van der Waals surface area contributed by atoms with Gasteiger partial charge in [-0.25, -0.2) is 9.37 Å². The van der Waals surface area contributed by atoms with Gasteiger partial charge in [-0.15, -0.1) is 12.4 Å². The lowest BCUT2D eigenvalue weighted by molar-refractivity contribution is 0.102. The highest BCUT2D eigenvalue weighted by Crippen LogP contribution is 2.39. The lowest BCUT2D eigenvalue weighted by Gasteiger charge is -2.15. The van der Waals surface area contributed by atoms with Gasteiger partial charge in [0.05, 0.1) is 17.4 Å². The van der Waals surface area contributed by atoms with Gasteiger partial charge >= 0.3 is 0 Å². The zero-order valence-electron chi connectivity index (χ0n) is 15.1. The number of thiazole rings is 1. The number of aromatic nitrogens is 1. The number of halogens is 2. The Labute approximate surface area is 172 Å². The molecule has 1 aliphatic heterocycles. The molecule has 0 spiro atoms. The van der Waals surface area contributed by atoms with Crippen LogP contribution >= 0.6 is 23.7 Å². The second kappa shape index (κ2) is 8.68. The van der Waals surface area contributed by atoms with Crippen molar-refractivity contribution >= 4 is 50.6 Å². The molecule has 2 aromatic carbocycles. The summed E-state index contributed by atoms with van der Waals surface area (Å²) < 4.78 is 20.2. The smallest absolute Gasteiger partial charge is 0.260 e. The highest BCUT2D eigenvalue weighted by Gasteiger charge is 2.19. The maximum absolute atomic E-state index is 13.9. The summed E-state index contributed by atoms with van der Waals surface area (Å²) in [5.74, 6) is -0.436. The van der Waals surface area contributed by atoms with Crippen molar-refractivity contribution in [2.24, 2.45) is 0 Å². The van der Waals surface area contributed by atoms with Crippen molar-refractivity contribution in [2.45, 2.75) is 6.42 Å². The lowest BCUT2D eigenvalue weighted by Crippen LogP contribution is -2.20. The average molecular weight is 420 g/mol. The lowest BCUT2D eigenvalue weighted by atomic mass is 10.00. The van der Waals surface area contributed by atoms with E-state index in [1.807, 2.05) is 12.1 Å². The molecule has 146 valence electrons. The molecule has 1 aliphatic rings. The highest BCUT2D eigenvalue weighted by molar-refractivity contribution is 7.22. The molecule has 0 saturated carbocycles. The van der Waals surface area contributed by atoms with Crippen molar-refractivity contribution in [3.05, 3.63) is 59.4 Å². The number of anilines is 1. The Kier molecular flexibility index (Phi) is 6.28. The van der Waals surface area contributed by atoms with E-state index < -0.39 is 11.7 Å². The van der Waals surface area contributed by atoms with E-state index in [0.717, 1.165) is 29.8 Å². The molecule has 0 atom stereocenters. The second-order valence-electron chi connectivity index (χ2n) is 6.13. The number of ether oxygens (including phenoxy) is 1. The maximum atomic E-state index is 13.9. The number of hydrogen-bond acceptors (Lipinski definition) is 5. The van der Waals surface area contributed by atoms with Gasteiger partial charge in [0.25, 0.3) is 5.91 Å². The number of carbonyl (C=O) groups is 1. The van der Waals surface area contributed by atoms with Crippen molar-refractivity contribution in [1.29, 1.82) is 0 Å². The number of methoxy groups -OCH3 is 1. The van der Waals surface area contributed by atoms with E-state index in [2.05, 4.69) is 21.7 Å². The van der Waals surface area contributed by atoms with Crippen LogP contribution in [-0.2, 0) is 0 Å². The summed E-state index contributed by atoms with van der Waals surface area (Å²) in [5, 5.41) is 6.43. The Hall–Kier alpha value is -2.48. The van der Waals surface area contributed by atoms with Crippen molar-refractivity contribution < 1.29 is 13.9 Å². The topological polar surface area (TPSA) is 63.2 Å². The molecule has 0 aliphatic carbocycles. The fourth-order valence-corrected chi connectivity index (χ4v) is 4.16. The summed E-state index contributed by atoms with van der Waals surface area (Å²) in [5.41, 5.74) is 3.03. The van der Waals surface area contributed by atoms with Gasteiger partial charge in [-0.05, 0) is 48.4 Å². The monoisotopic (exact) mass is 419 g/mol. The van der Waals surface area contributed by atoms with Gasteiger partial charge in [-0.2, -0.15) is 0 Å². The van der Waals surface area contributed by atoms with Crippen LogP contribution in [0.2, 0.25) is 0 Å². The molecule has 0 saturated heterocycles. The number of amides is 1. The molecule has 4 rings (SSSR count). The van der Waals surface area contributed by atoms with E-state index in [0.29, 0.717) is 16.4 Å². The number of hydrogen-bond donors (Lipinski definition) is 2. The van der Waals surface area contributed by atoms with Crippen molar-refractivity contribution in [3.63, 3.8) is 0 Å². The quantitative estimate of drug-likeness (QED) is 0.653. The van der Waals surface area contributed by atoms with Crippen LogP contribution < -0.4 is 15.4 Å². The molecule has 2 N–H and O–H groups in total. The van der Waals surface area contributed by atoms with Crippen LogP contribution in [0.3, 0.4) is 0 Å². The standard InChI is InChI=1S/C20H18FN3O2S.ClH/c1-26-16-7-6-13(12-8-10-22-11-9-12)18-17(16)23-20(27-18)24-19(25)14-4-2-3-5-15(14)21;/h2-8,22H,9-11H2,1H3,(H,23,24,25);1H. The Morgan fingerprint density at radius 1 is 1.29 bits per heavy atom. The number of fused-ring (bicyclic) bond motifs is 1. The van der Waals surface area contributed by atoms with Gasteiger partial charge in [-0.3, -0.25) is 10.1 Å². The fourth-order valence-electron chi connectivity index (χ4n) is 3.13. The molecule has 0 bridgehead atoms. The molecule has 1 amide bonds. The SMILES string of the molecule is COc1ccc(C2=CCNCC2)c2sc(NC(=O)c3ccccc3F)nc12.Cl. The first-order chi connectivity index (χ1) is 13.2. The third kappa shape index (κ3) is 3.87. The second-order valence-corrected chi connectivity index (χ2v) is 7.13. The van der Waals surface area contributed by atoms with E-state index in [-0.39, 0.29) is 18.0 Å². The molecule has 8 heteroatoms. The summed E-state index contributed by atoms with van der Waals surface area (Å²) in [4.78, 5) is 16.9. The molecule has 0 fully saturated rings. The van der Waals surface area contributed by atoms with E-state index in [4.69, 9.17) is 4.74 Å². The van der Waals surface area contributed by atoms with Crippen LogP contribution in [0.15, 0.2) is 42.5 Å². The number of rotatable bonds is 4. The first-order valence-electron chi connectivity index (χ1n) is 8.61. The van der Waals surface area contributed by atoms with E-state index >= 15 is 0 Å². The first-order valence-corrected chi connectivity index (χ1v) is 9.42. The summed E-state index contributed by atoms with van der Waals surface area (Å²) in [6, 6.07) is 9.80. The highest BCUT2D eigenvalue weighted by atomic mass is 35.5. The predicted molar refractivity (Wildman–Crippen MR) is 113 cm³/mol. The fraction of sp³-hybridized carbons (Fsp3) is 0.200.